The van der Waals surface area contributed by atoms with Crippen LogP contribution in [0.25, 0.3) is 0 Å². The van der Waals surface area contributed by atoms with E-state index in [0.717, 1.165) is 36.9 Å². The Morgan fingerprint density at radius 1 is 0.810 bits per heavy atom. The van der Waals surface area contributed by atoms with E-state index in [-0.39, 0.29) is 0 Å². The van der Waals surface area contributed by atoms with E-state index < -0.39 is 0 Å². The van der Waals surface area contributed by atoms with E-state index in [4.69, 9.17) is 28.9 Å². The van der Waals surface area contributed by atoms with Gasteiger partial charge in [-0.2, -0.15) is 0 Å². The zero-order valence-electron chi connectivity index (χ0n) is 11.6. The standard InChI is InChI=1S/C16H17Cl2N3/c17-12-4-6-13(7-5-12)20-8-10-21(11-9-20)15-3-1-2-14(18)16(15)19/h1-7H,8-11,19H2. The largest absolute Gasteiger partial charge is 0.396 e. The van der Waals surface area contributed by atoms with E-state index in [2.05, 4.69) is 21.9 Å². The molecule has 0 spiro atoms. The van der Waals surface area contributed by atoms with Crippen LogP contribution < -0.4 is 15.5 Å². The highest BCUT2D eigenvalue weighted by Crippen LogP contribution is 2.31. The summed E-state index contributed by atoms with van der Waals surface area (Å²) in [6, 6.07) is 13.8. The zero-order chi connectivity index (χ0) is 14.8. The quantitative estimate of drug-likeness (QED) is 0.851. The number of para-hydroxylation sites is 1. The van der Waals surface area contributed by atoms with E-state index in [1.54, 1.807) is 0 Å². The molecule has 1 aliphatic rings. The molecule has 0 bridgehead atoms. The maximum absolute atomic E-state index is 6.10. The highest BCUT2D eigenvalue weighted by molar-refractivity contribution is 6.33. The first kappa shape index (κ1) is 14.4. The Bertz CT molecular complexity index is 620. The SMILES string of the molecule is Nc1c(Cl)cccc1N1CCN(c2ccc(Cl)cc2)CC1. The van der Waals surface area contributed by atoms with Gasteiger partial charge in [-0.1, -0.05) is 29.3 Å². The molecule has 0 amide bonds. The second-order valence-corrected chi connectivity index (χ2v) is 5.97. The van der Waals surface area contributed by atoms with Crippen molar-refractivity contribution in [3.63, 3.8) is 0 Å². The van der Waals surface area contributed by atoms with Crippen LogP contribution >= 0.6 is 23.2 Å². The fraction of sp³-hybridized carbons (Fsp3) is 0.250. The summed E-state index contributed by atoms with van der Waals surface area (Å²) >= 11 is 12.0. The number of nitrogen functional groups attached to an aromatic ring is 1. The molecule has 1 fully saturated rings. The van der Waals surface area contributed by atoms with Crippen LogP contribution in [0.5, 0.6) is 0 Å². The van der Waals surface area contributed by atoms with Crippen molar-refractivity contribution in [3.05, 3.63) is 52.5 Å². The van der Waals surface area contributed by atoms with Crippen LogP contribution in [0.2, 0.25) is 10.0 Å². The molecule has 110 valence electrons. The number of rotatable bonds is 2. The monoisotopic (exact) mass is 321 g/mol. The molecule has 2 N–H and O–H groups in total. The summed E-state index contributed by atoms with van der Waals surface area (Å²) in [5.41, 5.74) is 8.97. The number of hydrogen-bond donors (Lipinski definition) is 1. The van der Waals surface area contributed by atoms with Gasteiger partial charge in [-0.15, -0.1) is 0 Å². The number of nitrogens with two attached hydrogens (primary N) is 1. The normalized spacial score (nSPS) is 15.3. The molecule has 2 aromatic carbocycles. The first-order chi connectivity index (χ1) is 10.1. The molecule has 0 radical (unpaired) electrons. The molecule has 0 aliphatic carbocycles. The fourth-order valence-electron chi connectivity index (χ4n) is 2.66. The van der Waals surface area contributed by atoms with Crippen molar-refractivity contribution in [2.24, 2.45) is 0 Å². The summed E-state index contributed by atoms with van der Waals surface area (Å²) in [6.07, 6.45) is 0. The molecule has 21 heavy (non-hydrogen) atoms. The summed E-state index contributed by atoms with van der Waals surface area (Å²) in [5, 5.41) is 1.39. The third kappa shape index (κ3) is 3.04. The average Bonchev–Trinajstić information content (AvgIpc) is 2.51. The molecule has 1 aliphatic heterocycles. The Labute approximate surface area is 134 Å². The average molecular weight is 322 g/mol. The van der Waals surface area contributed by atoms with Gasteiger partial charge >= 0.3 is 0 Å². The summed E-state index contributed by atoms with van der Waals surface area (Å²) in [4.78, 5) is 4.64. The number of hydrogen-bond acceptors (Lipinski definition) is 3. The maximum Gasteiger partial charge on any atom is 0.0741 e. The molecular formula is C16H17Cl2N3. The summed E-state index contributed by atoms with van der Waals surface area (Å²) in [7, 11) is 0. The molecule has 0 saturated carbocycles. The van der Waals surface area contributed by atoms with Crippen LogP contribution in [0.15, 0.2) is 42.5 Å². The van der Waals surface area contributed by atoms with Gasteiger partial charge in [-0.25, -0.2) is 0 Å². The van der Waals surface area contributed by atoms with E-state index in [0.29, 0.717) is 10.7 Å². The predicted molar refractivity (Wildman–Crippen MR) is 91.7 cm³/mol. The van der Waals surface area contributed by atoms with Crippen molar-refractivity contribution in [1.82, 2.24) is 0 Å². The van der Waals surface area contributed by atoms with E-state index in [1.165, 1.54) is 5.69 Å². The molecule has 3 rings (SSSR count). The smallest absolute Gasteiger partial charge is 0.0741 e. The number of halogens is 2. The highest BCUT2D eigenvalue weighted by atomic mass is 35.5. The van der Waals surface area contributed by atoms with E-state index >= 15 is 0 Å². The molecule has 1 heterocycles. The van der Waals surface area contributed by atoms with Gasteiger partial charge < -0.3 is 15.5 Å². The lowest BCUT2D eigenvalue weighted by Gasteiger charge is -2.38. The van der Waals surface area contributed by atoms with E-state index in [1.807, 2.05) is 30.3 Å². The topological polar surface area (TPSA) is 32.5 Å². The first-order valence-corrected chi connectivity index (χ1v) is 7.70. The van der Waals surface area contributed by atoms with Crippen LogP contribution in [0, 0.1) is 0 Å². The van der Waals surface area contributed by atoms with Gasteiger partial charge in [0.05, 0.1) is 16.4 Å². The Morgan fingerprint density at radius 2 is 1.43 bits per heavy atom. The minimum absolute atomic E-state index is 0.618. The van der Waals surface area contributed by atoms with Crippen molar-refractivity contribution in [1.29, 1.82) is 0 Å². The van der Waals surface area contributed by atoms with Crippen LogP contribution in [-0.2, 0) is 0 Å². The first-order valence-electron chi connectivity index (χ1n) is 6.94. The molecule has 5 heteroatoms. The third-order valence-corrected chi connectivity index (χ3v) is 4.42. The molecule has 2 aromatic rings. The lowest BCUT2D eigenvalue weighted by molar-refractivity contribution is 0.654. The summed E-state index contributed by atoms with van der Waals surface area (Å²) in [5.74, 6) is 0. The molecule has 0 unspecified atom stereocenters. The molecule has 0 aromatic heterocycles. The lowest BCUT2D eigenvalue weighted by atomic mass is 10.2. The van der Waals surface area contributed by atoms with Crippen molar-refractivity contribution >= 4 is 40.3 Å². The number of nitrogens with zero attached hydrogens (tertiary/aromatic N) is 2. The number of anilines is 3. The van der Waals surface area contributed by atoms with Gasteiger partial charge in [0.1, 0.15) is 0 Å². The van der Waals surface area contributed by atoms with Gasteiger partial charge in [-0.05, 0) is 36.4 Å². The second-order valence-electron chi connectivity index (χ2n) is 5.12. The predicted octanol–water partition coefficient (Wildman–Crippen LogP) is 3.90. The number of benzene rings is 2. The summed E-state index contributed by atoms with van der Waals surface area (Å²) in [6.45, 7) is 3.75. The Kier molecular flexibility index (Phi) is 4.13. The lowest BCUT2D eigenvalue weighted by Crippen LogP contribution is -2.46. The molecule has 0 atom stereocenters. The zero-order valence-corrected chi connectivity index (χ0v) is 13.1. The Morgan fingerprint density at radius 3 is 2.10 bits per heavy atom. The van der Waals surface area contributed by atoms with Gasteiger partial charge in [0.2, 0.25) is 0 Å². The van der Waals surface area contributed by atoms with E-state index in [9.17, 15) is 0 Å². The highest BCUT2D eigenvalue weighted by Gasteiger charge is 2.19. The molecular weight excluding hydrogens is 305 g/mol. The molecule has 1 saturated heterocycles. The van der Waals surface area contributed by atoms with Crippen LogP contribution in [-0.4, -0.2) is 26.2 Å². The third-order valence-electron chi connectivity index (χ3n) is 3.84. The minimum Gasteiger partial charge on any atom is -0.396 e. The maximum atomic E-state index is 6.10. The van der Waals surface area contributed by atoms with Gasteiger partial charge in [0, 0.05) is 36.9 Å². The Hall–Kier alpha value is -1.58. The second kappa shape index (κ2) is 6.04. The van der Waals surface area contributed by atoms with Crippen molar-refractivity contribution in [2.75, 3.05) is 41.7 Å². The van der Waals surface area contributed by atoms with Crippen LogP contribution in [0.1, 0.15) is 0 Å². The number of piperazine rings is 1. The minimum atomic E-state index is 0.618. The van der Waals surface area contributed by atoms with Crippen molar-refractivity contribution in [2.45, 2.75) is 0 Å². The fourth-order valence-corrected chi connectivity index (χ4v) is 2.95. The van der Waals surface area contributed by atoms with Gasteiger partial charge in [-0.3, -0.25) is 0 Å². The molecule has 3 nitrogen and oxygen atoms in total. The van der Waals surface area contributed by atoms with Crippen molar-refractivity contribution < 1.29 is 0 Å². The Balaban J connectivity index is 1.70. The van der Waals surface area contributed by atoms with Gasteiger partial charge in [0.15, 0.2) is 0 Å². The summed E-state index contributed by atoms with van der Waals surface area (Å²) < 4.78 is 0. The van der Waals surface area contributed by atoms with Crippen LogP contribution in [0.3, 0.4) is 0 Å². The van der Waals surface area contributed by atoms with Gasteiger partial charge in [0.25, 0.3) is 0 Å². The van der Waals surface area contributed by atoms with Crippen molar-refractivity contribution in [3.8, 4) is 0 Å². The van der Waals surface area contributed by atoms with Crippen LogP contribution in [0.4, 0.5) is 17.1 Å².